The Morgan fingerprint density at radius 2 is 1.77 bits per heavy atom. The first kappa shape index (κ1) is 22.6. The SMILES string of the molecule is CCOc1ccc(S(=O)(=O)N2CCC(C(=O)NC3CC4CCC3(C)C4(C)C)CC2)cc1. The second kappa shape index (κ2) is 8.07. The molecule has 2 saturated carbocycles. The van der Waals surface area contributed by atoms with Crippen LogP contribution in [0.2, 0.25) is 0 Å². The van der Waals surface area contributed by atoms with Crippen molar-refractivity contribution in [2.75, 3.05) is 19.7 Å². The van der Waals surface area contributed by atoms with Crippen molar-refractivity contribution in [2.24, 2.45) is 22.7 Å². The quantitative estimate of drug-likeness (QED) is 0.718. The van der Waals surface area contributed by atoms with Crippen LogP contribution in [0.5, 0.6) is 5.75 Å². The summed E-state index contributed by atoms with van der Waals surface area (Å²) < 4.78 is 32.9. The van der Waals surface area contributed by atoms with Crippen molar-refractivity contribution in [2.45, 2.75) is 70.7 Å². The third-order valence-electron chi connectivity index (χ3n) is 8.71. The molecule has 1 saturated heterocycles. The van der Waals surface area contributed by atoms with Gasteiger partial charge >= 0.3 is 0 Å². The molecule has 1 aromatic rings. The Labute approximate surface area is 186 Å². The molecule has 3 atom stereocenters. The van der Waals surface area contributed by atoms with Crippen LogP contribution in [0.25, 0.3) is 0 Å². The second-order valence-electron chi connectivity index (χ2n) is 10.3. The van der Waals surface area contributed by atoms with Gasteiger partial charge < -0.3 is 10.1 Å². The maximum Gasteiger partial charge on any atom is 0.243 e. The van der Waals surface area contributed by atoms with Crippen LogP contribution >= 0.6 is 0 Å². The summed E-state index contributed by atoms with van der Waals surface area (Å²) in [6.45, 7) is 10.2. The highest BCUT2D eigenvalue weighted by Gasteiger charge is 2.61. The van der Waals surface area contributed by atoms with Crippen molar-refractivity contribution in [1.82, 2.24) is 9.62 Å². The van der Waals surface area contributed by atoms with Crippen LogP contribution in [0.15, 0.2) is 29.2 Å². The van der Waals surface area contributed by atoms with Gasteiger partial charge in [0.05, 0.1) is 11.5 Å². The average molecular weight is 449 g/mol. The van der Waals surface area contributed by atoms with E-state index in [0.717, 1.165) is 6.42 Å². The van der Waals surface area contributed by atoms with Crippen molar-refractivity contribution in [1.29, 1.82) is 0 Å². The summed E-state index contributed by atoms with van der Waals surface area (Å²) in [5.41, 5.74) is 0.422. The monoisotopic (exact) mass is 448 g/mol. The predicted octanol–water partition coefficient (Wildman–Crippen LogP) is 3.82. The number of carbonyl (C=O) groups is 1. The molecule has 0 aromatic heterocycles. The Kier molecular flexibility index (Phi) is 5.88. The number of nitrogens with one attached hydrogen (secondary N) is 1. The molecule has 3 unspecified atom stereocenters. The van der Waals surface area contributed by atoms with Crippen molar-refractivity contribution in [3.05, 3.63) is 24.3 Å². The molecule has 0 spiro atoms. The zero-order chi connectivity index (χ0) is 22.4. The van der Waals surface area contributed by atoms with E-state index in [2.05, 4.69) is 26.1 Å². The number of amides is 1. The van der Waals surface area contributed by atoms with E-state index in [-0.39, 0.29) is 33.6 Å². The van der Waals surface area contributed by atoms with E-state index in [9.17, 15) is 13.2 Å². The van der Waals surface area contributed by atoms with E-state index >= 15 is 0 Å². The molecule has 7 heteroatoms. The molecule has 2 aliphatic carbocycles. The molecule has 6 nitrogen and oxygen atoms in total. The fourth-order valence-electron chi connectivity index (χ4n) is 6.09. The zero-order valence-corrected chi connectivity index (χ0v) is 20.0. The van der Waals surface area contributed by atoms with Gasteiger partial charge in [-0.25, -0.2) is 8.42 Å². The van der Waals surface area contributed by atoms with Crippen molar-refractivity contribution in [3.63, 3.8) is 0 Å². The van der Waals surface area contributed by atoms with Gasteiger partial charge in [-0.3, -0.25) is 4.79 Å². The number of benzene rings is 1. The number of rotatable bonds is 6. The van der Waals surface area contributed by atoms with Gasteiger partial charge in [0, 0.05) is 25.0 Å². The summed E-state index contributed by atoms with van der Waals surface area (Å²) >= 11 is 0. The minimum Gasteiger partial charge on any atom is -0.494 e. The minimum absolute atomic E-state index is 0.104. The summed E-state index contributed by atoms with van der Waals surface area (Å²) in [4.78, 5) is 13.3. The fraction of sp³-hybridized carbons (Fsp3) is 0.708. The lowest BCUT2D eigenvalue weighted by atomic mass is 9.69. The molecule has 1 aliphatic heterocycles. The lowest BCUT2D eigenvalue weighted by molar-refractivity contribution is -0.127. The summed E-state index contributed by atoms with van der Waals surface area (Å²) in [5.74, 6) is 1.34. The summed E-state index contributed by atoms with van der Waals surface area (Å²) in [6.07, 6.45) is 4.64. The molecule has 1 amide bonds. The number of nitrogens with zero attached hydrogens (tertiary/aromatic N) is 1. The Bertz CT molecular complexity index is 919. The number of hydrogen-bond acceptors (Lipinski definition) is 4. The highest BCUT2D eigenvalue weighted by Crippen LogP contribution is 2.65. The van der Waals surface area contributed by atoms with Gasteiger partial charge in [0.2, 0.25) is 15.9 Å². The van der Waals surface area contributed by atoms with Gasteiger partial charge in [0.1, 0.15) is 5.75 Å². The lowest BCUT2D eigenvalue weighted by Crippen LogP contribution is -2.50. The van der Waals surface area contributed by atoms with E-state index in [1.54, 1.807) is 24.3 Å². The molecular formula is C24H36N2O4S. The number of fused-ring (bicyclic) bond motifs is 2. The number of hydrogen-bond donors (Lipinski definition) is 1. The predicted molar refractivity (Wildman–Crippen MR) is 120 cm³/mol. The minimum atomic E-state index is -3.55. The molecule has 172 valence electrons. The smallest absolute Gasteiger partial charge is 0.243 e. The van der Waals surface area contributed by atoms with Crippen LogP contribution in [0.3, 0.4) is 0 Å². The number of sulfonamides is 1. The topological polar surface area (TPSA) is 75.7 Å². The summed E-state index contributed by atoms with van der Waals surface area (Å²) in [6, 6.07) is 6.80. The van der Waals surface area contributed by atoms with Crippen LogP contribution in [0.1, 0.15) is 59.8 Å². The fourth-order valence-corrected chi connectivity index (χ4v) is 7.56. The molecule has 1 N–H and O–H groups in total. The maximum absolute atomic E-state index is 13.0. The highest BCUT2D eigenvalue weighted by atomic mass is 32.2. The van der Waals surface area contributed by atoms with Gasteiger partial charge in [0.25, 0.3) is 0 Å². The van der Waals surface area contributed by atoms with Gasteiger partial charge in [-0.2, -0.15) is 4.31 Å². The van der Waals surface area contributed by atoms with E-state index in [1.807, 2.05) is 6.92 Å². The Morgan fingerprint density at radius 1 is 1.13 bits per heavy atom. The van der Waals surface area contributed by atoms with E-state index < -0.39 is 10.0 Å². The van der Waals surface area contributed by atoms with Crippen molar-refractivity contribution in [3.8, 4) is 5.75 Å². The van der Waals surface area contributed by atoms with Gasteiger partial charge in [-0.1, -0.05) is 20.8 Å². The Hall–Kier alpha value is -1.60. The number of ether oxygens (including phenoxy) is 1. The molecule has 3 aliphatic rings. The molecule has 4 rings (SSSR count). The third kappa shape index (κ3) is 3.78. The number of carbonyl (C=O) groups excluding carboxylic acids is 1. The maximum atomic E-state index is 13.0. The van der Waals surface area contributed by atoms with E-state index in [4.69, 9.17) is 4.74 Å². The molecule has 1 heterocycles. The van der Waals surface area contributed by atoms with Gasteiger partial charge in [-0.05, 0) is 80.0 Å². The first-order chi connectivity index (χ1) is 14.6. The van der Waals surface area contributed by atoms with Crippen molar-refractivity contribution >= 4 is 15.9 Å². The van der Waals surface area contributed by atoms with E-state index in [1.165, 1.54) is 17.1 Å². The molecule has 1 aromatic carbocycles. The highest BCUT2D eigenvalue weighted by molar-refractivity contribution is 7.89. The van der Waals surface area contributed by atoms with Crippen LogP contribution in [-0.2, 0) is 14.8 Å². The first-order valence-corrected chi connectivity index (χ1v) is 13.1. The van der Waals surface area contributed by atoms with Crippen LogP contribution in [0, 0.1) is 22.7 Å². The third-order valence-corrected chi connectivity index (χ3v) is 10.6. The standard InChI is InChI=1S/C24H36N2O4S/c1-5-30-19-6-8-20(9-7-19)31(28,29)26-14-11-17(12-15-26)22(27)25-21-16-18-10-13-24(21,4)23(18,2)3/h6-9,17-18,21H,5,10-16H2,1-4H3,(H,25,27). The zero-order valence-electron chi connectivity index (χ0n) is 19.2. The summed E-state index contributed by atoms with van der Waals surface area (Å²) in [5, 5.41) is 3.36. The van der Waals surface area contributed by atoms with Gasteiger partial charge in [0.15, 0.2) is 0 Å². The average Bonchev–Trinajstić information content (AvgIpc) is 3.08. The molecule has 0 radical (unpaired) electrons. The normalized spacial score (nSPS) is 31.0. The molecule has 2 bridgehead atoms. The molecular weight excluding hydrogens is 412 g/mol. The lowest BCUT2D eigenvalue weighted by Gasteiger charge is -2.40. The largest absolute Gasteiger partial charge is 0.494 e. The molecule has 3 fully saturated rings. The second-order valence-corrected chi connectivity index (χ2v) is 12.2. The van der Waals surface area contributed by atoms with Gasteiger partial charge in [-0.15, -0.1) is 0 Å². The van der Waals surface area contributed by atoms with Crippen LogP contribution in [-0.4, -0.2) is 44.4 Å². The Balaban J connectivity index is 1.35. The van der Waals surface area contributed by atoms with Crippen molar-refractivity contribution < 1.29 is 17.9 Å². The van der Waals surface area contributed by atoms with E-state index in [0.29, 0.717) is 44.2 Å². The summed E-state index contributed by atoms with van der Waals surface area (Å²) in [7, 11) is -3.55. The van der Waals surface area contributed by atoms with Crippen LogP contribution < -0.4 is 10.1 Å². The van der Waals surface area contributed by atoms with Crippen LogP contribution in [0.4, 0.5) is 0 Å². The molecule has 31 heavy (non-hydrogen) atoms. The first-order valence-electron chi connectivity index (χ1n) is 11.6. The Morgan fingerprint density at radius 3 is 2.29 bits per heavy atom. The number of piperidine rings is 1.